The number of methoxy groups -OCH3 is 1. The molecule has 1 saturated carbocycles. The third-order valence-corrected chi connectivity index (χ3v) is 6.52. The summed E-state index contributed by atoms with van der Waals surface area (Å²) in [5.41, 5.74) is 2.85. The zero-order valence-electron chi connectivity index (χ0n) is 18.0. The molecule has 0 unspecified atom stereocenters. The number of aromatic amines is 1. The lowest BCUT2D eigenvalue weighted by atomic mass is 9.67. The quantitative estimate of drug-likeness (QED) is 0.428. The van der Waals surface area contributed by atoms with Gasteiger partial charge in [-0.25, -0.2) is 9.18 Å². The molecule has 1 aliphatic carbocycles. The topological polar surface area (TPSA) is 100 Å². The van der Waals surface area contributed by atoms with E-state index in [4.69, 9.17) is 4.74 Å². The zero-order chi connectivity index (χ0) is 22.8. The van der Waals surface area contributed by atoms with Crippen LogP contribution in [0.4, 0.5) is 4.39 Å². The Morgan fingerprint density at radius 3 is 2.72 bits per heavy atom. The van der Waals surface area contributed by atoms with Gasteiger partial charge in [-0.05, 0) is 54.5 Å². The van der Waals surface area contributed by atoms with Gasteiger partial charge in [0.05, 0.1) is 24.3 Å². The van der Waals surface area contributed by atoms with Gasteiger partial charge in [0.1, 0.15) is 0 Å². The molecule has 8 heteroatoms. The van der Waals surface area contributed by atoms with Crippen molar-refractivity contribution in [3.63, 3.8) is 0 Å². The highest BCUT2D eigenvalue weighted by molar-refractivity contribution is 5.99. The molecule has 1 aliphatic rings. The Morgan fingerprint density at radius 2 is 2.06 bits per heavy atom. The van der Waals surface area contributed by atoms with Crippen molar-refractivity contribution < 1.29 is 24.1 Å². The number of nitrogens with zero attached hydrogens (tertiary/aromatic N) is 2. The first kappa shape index (κ1) is 20.5. The van der Waals surface area contributed by atoms with Crippen molar-refractivity contribution in [2.45, 2.75) is 44.1 Å². The van der Waals surface area contributed by atoms with Gasteiger partial charge >= 0.3 is 5.97 Å². The SMILES string of the molecule is COc1cc(-n2c(C(C)C)c([C@H]3C[C@](O)(C(=O)O)C3)c3cc4[nH]ncc4cc32)ccc1F. The first-order chi connectivity index (χ1) is 15.2. The average Bonchev–Trinajstić information content (AvgIpc) is 3.31. The van der Waals surface area contributed by atoms with E-state index in [-0.39, 0.29) is 30.4 Å². The Morgan fingerprint density at radius 1 is 1.31 bits per heavy atom. The number of carboxylic acids is 1. The number of fused-ring (bicyclic) bond motifs is 2. The third kappa shape index (κ3) is 2.90. The minimum atomic E-state index is -1.70. The predicted octanol–water partition coefficient (Wildman–Crippen LogP) is 4.47. The molecule has 0 spiro atoms. The zero-order valence-corrected chi connectivity index (χ0v) is 18.0. The number of nitrogens with one attached hydrogen (secondary N) is 1. The van der Waals surface area contributed by atoms with Crippen LogP contribution in [-0.4, -0.2) is 43.7 Å². The van der Waals surface area contributed by atoms with Crippen LogP contribution in [0.25, 0.3) is 27.5 Å². The molecule has 0 atom stereocenters. The van der Waals surface area contributed by atoms with Crippen molar-refractivity contribution >= 4 is 27.8 Å². The van der Waals surface area contributed by atoms with Crippen molar-refractivity contribution in [3.8, 4) is 11.4 Å². The number of H-pyrrole nitrogens is 1. The number of aromatic nitrogens is 3. The number of aliphatic hydroxyl groups is 1. The Balaban J connectivity index is 1.81. The molecule has 1 fully saturated rings. The van der Waals surface area contributed by atoms with Gasteiger partial charge in [0.25, 0.3) is 0 Å². The second kappa shape index (κ2) is 7.06. The maximum absolute atomic E-state index is 14.2. The fourth-order valence-corrected chi connectivity index (χ4v) is 4.97. The highest BCUT2D eigenvalue weighted by Crippen LogP contribution is 2.51. The number of ether oxygens (including phenoxy) is 1. The van der Waals surface area contributed by atoms with Crippen LogP contribution < -0.4 is 4.74 Å². The molecule has 0 aliphatic heterocycles. The largest absolute Gasteiger partial charge is 0.494 e. The minimum absolute atomic E-state index is 0.0865. The summed E-state index contributed by atoms with van der Waals surface area (Å²) in [5.74, 6) is -1.51. The first-order valence-corrected chi connectivity index (χ1v) is 10.5. The maximum Gasteiger partial charge on any atom is 0.335 e. The molecule has 166 valence electrons. The second-order valence-electron chi connectivity index (χ2n) is 8.88. The second-order valence-corrected chi connectivity index (χ2v) is 8.88. The first-order valence-electron chi connectivity index (χ1n) is 10.5. The number of rotatable bonds is 5. The van der Waals surface area contributed by atoms with E-state index < -0.39 is 17.4 Å². The van der Waals surface area contributed by atoms with Crippen molar-refractivity contribution in [3.05, 3.63) is 53.6 Å². The number of halogens is 1. The van der Waals surface area contributed by atoms with Crippen molar-refractivity contribution in [2.75, 3.05) is 7.11 Å². The van der Waals surface area contributed by atoms with Crippen molar-refractivity contribution in [1.82, 2.24) is 14.8 Å². The summed E-state index contributed by atoms with van der Waals surface area (Å²) in [6, 6.07) is 8.81. The highest BCUT2D eigenvalue weighted by Gasteiger charge is 2.51. The van der Waals surface area contributed by atoms with Gasteiger partial charge in [-0.3, -0.25) is 5.10 Å². The van der Waals surface area contributed by atoms with Crippen LogP contribution in [0.3, 0.4) is 0 Å². The van der Waals surface area contributed by atoms with E-state index in [1.165, 1.54) is 13.2 Å². The molecule has 0 amide bonds. The molecular weight excluding hydrogens is 413 g/mol. The summed E-state index contributed by atoms with van der Waals surface area (Å²) < 4.78 is 21.5. The summed E-state index contributed by atoms with van der Waals surface area (Å²) in [7, 11) is 1.43. The summed E-state index contributed by atoms with van der Waals surface area (Å²) in [6.45, 7) is 4.15. The highest BCUT2D eigenvalue weighted by atomic mass is 19.1. The van der Waals surface area contributed by atoms with Crippen LogP contribution in [0.1, 0.15) is 49.8 Å². The van der Waals surface area contributed by atoms with Gasteiger partial charge in [0, 0.05) is 28.2 Å². The molecule has 0 saturated heterocycles. The Kier molecular flexibility index (Phi) is 4.53. The van der Waals surface area contributed by atoms with Crippen LogP contribution in [0.2, 0.25) is 0 Å². The summed E-state index contributed by atoms with van der Waals surface area (Å²) >= 11 is 0. The Bertz CT molecular complexity index is 1360. The molecule has 2 aromatic carbocycles. The number of hydrogen-bond donors (Lipinski definition) is 3. The van der Waals surface area contributed by atoms with Crippen LogP contribution in [-0.2, 0) is 4.79 Å². The lowest BCUT2D eigenvalue weighted by Crippen LogP contribution is -2.49. The van der Waals surface area contributed by atoms with E-state index in [1.807, 2.05) is 12.1 Å². The third-order valence-electron chi connectivity index (χ3n) is 6.52. The van der Waals surface area contributed by atoms with Gasteiger partial charge in [-0.1, -0.05) is 13.8 Å². The fourth-order valence-electron chi connectivity index (χ4n) is 4.97. The fraction of sp³-hybridized carbons (Fsp3) is 0.333. The van der Waals surface area contributed by atoms with Gasteiger partial charge < -0.3 is 19.5 Å². The summed E-state index contributed by atoms with van der Waals surface area (Å²) in [5, 5.41) is 28.8. The van der Waals surface area contributed by atoms with Crippen LogP contribution >= 0.6 is 0 Å². The smallest absolute Gasteiger partial charge is 0.335 e. The molecule has 3 N–H and O–H groups in total. The predicted molar refractivity (Wildman–Crippen MR) is 118 cm³/mol. The molecule has 32 heavy (non-hydrogen) atoms. The van der Waals surface area contributed by atoms with E-state index in [1.54, 1.807) is 18.3 Å². The molecule has 7 nitrogen and oxygen atoms in total. The van der Waals surface area contributed by atoms with Crippen LogP contribution in [0.15, 0.2) is 36.5 Å². The molecule has 0 radical (unpaired) electrons. The molecule has 5 rings (SSSR count). The summed E-state index contributed by atoms with van der Waals surface area (Å²) in [6.07, 6.45) is 2.04. The molecule has 2 heterocycles. The normalized spacial score (nSPS) is 20.8. The van der Waals surface area contributed by atoms with Crippen LogP contribution in [0, 0.1) is 5.82 Å². The molecule has 2 aromatic heterocycles. The number of aliphatic carboxylic acids is 1. The monoisotopic (exact) mass is 437 g/mol. The van der Waals surface area contributed by atoms with Gasteiger partial charge in [0.15, 0.2) is 17.2 Å². The number of carboxylic acid groups (broad SMARTS) is 1. The van der Waals surface area contributed by atoms with E-state index in [0.717, 1.165) is 38.8 Å². The Labute approximate surface area is 183 Å². The molecule has 4 aromatic rings. The molecular formula is C24H24FN3O4. The van der Waals surface area contributed by atoms with E-state index in [9.17, 15) is 19.4 Å². The number of hydrogen-bond acceptors (Lipinski definition) is 4. The summed E-state index contributed by atoms with van der Waals surface area (Å²) in [4.78, 5) is 11.5. The maximum atomic E-state index is 14.2. The van der Waals surface area contributed by atoms with E-state index in [0.29, 0.717) is 0 Å². The lowest BCUT2D eigenvalue weighted by Gasteiger charge is -2.41. The van der Waals surface area contributed by atoms with Crippen LogP contribution in [0.5, 0.6) is 5.75 Å². The van der Waals surface area contributed by atoms with Gasteiger partial charge in [-0.2, -0.15) is 5.10 Å². The Hall–Kier alpha value is -3.39. The molecule has 0 bridgehead atoms. The number of carbonyl (C=O) groups is 1. The van der Waals surface area contributed by atoms with Crippen molar-refractivity contribution in [2.24, 2.45) is 0 Å². The minimum Gasteiger partial charge on any atom is -0.494 e. The van der Waals surface area contributed by atoms with E-state index >= 15 is 0 Å². The van der Waals surface area contributed by atoms with Gasteiger partial charge in [-0.15, -0.1) is 0 Å². The lowest BCUT2D eigenvalue weighted by molar-refractivity contribution is -0.169. The number of benzene rings is 2. The standard InChI is InChI=1S/C24H24FN3O4/c1-12(2)22-21(14-9-24(31,10-14)23(29)30)16-8-18-13(11-26-27-18)6-19(16)28(22)15-4-5-17(25)20(7-15)32-3/h4-8,11-12,14,31H,9-10H2,1-3H3,(H,26,27)(H,29,30)/t14-,24+. The average molecular weight is 437 g/mol. The van der Waals surface area contributed by atoms with E-state index in [2.05, 4.69) is 28.6 Å². The van der Waals surface area contributed by atoms with Gasteiger partial charge in [0.2, 0.25) is 0 Å². The van der Waals surface area contributed by atoms with Crippen molar-refractivity contribution in [1.29, 1.82) is 0 Å².